The number of aliphatic hydroxyl groups is 1. The van der Waals surface area contributed by atoms with Crippen LogP contribution in [0.25, 0.3) is 0 Å². The lowest BCUT2D eigenvalue weighted by Gasteiger charge is -2.06. The predicted octanol–water partition coefficient (Wildman–Crippen LogP) is 3.53. The van der Waals surface area contributed by atoms with E-state index in [9.17, 15) is 0 Å². The molecule has 0 aromatic heterocycles. The van der Waals surface area contributed by atoms with Gasteiger partial charge in [0.1, 0.15) is 11.5 Å². The molecule has 0 aliphatic carbocycles. The Morgan fingerprint density at radius 1 is 0.824 bits per heavy atom. The Bertz CT molecular complexity index is 412. The van der Waals surface area contributed by atoms with Crippen molar-refractivity contribution in [3.63, 3.8) is 0 Å². The van der Waals surface area contributed by atoms with E-state index >= 15 is 0 Å². The summed E-state index contributed by atoms with van der Waals surface area (Å²) in [6, 6.07) is 15.5. The predicted molar refractivity (Wildman–Crippen MR) is 68.3 cm³/mol. The van der Waals surface area contributed by atoms with Gasteiger partial charge in [-0.3, -0.25) is 0 Å². The second-order valence-corrected chi connectivity index (χ2v) is 3.90. The molecule has 0 bridgehead atoms. The normalized spacial score (nSPS) is 10.2. The van der Waals surface area contributed by atoms with E-state index in [1.807, 2.05) is 36.4 Å². The first-order valence-corrected chi connectivity index (χ1v) is 5.78. The zero-order valence-electron chi connectivity index (χ0n) is 9.89. The highest BCUT2D eigenvalue weighted by atomic mass is 16.5. The van der Waals surface area contributed by atoms with E-state index in [1.54, 1.807) is 0 Å². The van der Waals surface area contributed by atoms with Gasteiger partial charge in [-0.15, -0.1) is 0 Å². The Morgan fingerprint density at radius 3 is 1.71 bits per heavy atom. The minimum atomic E-state index is 0.0610. The van der Waals surface area contributed by atoms with E-state index in [4.69, 9.17) is 9.84 Å². The molecule has 0 saturated carbocycles. The maximum atomic E-state index is 8.94. The monoisotopic (exact) mass is 228 g/mol. The van der Waals surface area contributed by atoms with Crippen LogP contribution >= 0.6 is 0 Å². The van der Waals surface area contributed by atoms with Crippen molar-refractivity contribution in [3.8, 4) is 11.5 Å². The van der Waals surface area contributed by atoms with Crippen molar-refractivity contribution in [1.29, 1.82) is 0 Å². The smallest absolute Gasteiger partial charge is 0.127 e. The van der Waals surface area contributed by atoms with Gasteiger partial charge in [0, 0.05) is 0 Å². The summed E-state index contributed by atoms with van der Waals surface area (Å²) in [6.07, 6.45) is 1.03. The maximum absolute atomic E-state index is 8.94. The summed E-state index contributed by atoms with van der Waals surface area (Å²) in [5.74, 6) is 1.62. The van der Waals surface area contributed by atoms with Crippen molar-refractivity contribution in [3.05, 3.63) is 59.7 Å². The quantitative estimate of drug-likeness (QED) is 0.867. The van der Waals surface area contributed by atoms with Crippen LogP contribution in [0.15, 0.2) is 48.5 Å². The van der Waals surface area contributed by atoms with Crippen LogP contribution in [0, 0.1) is 0 Å². The van der Waals surface area contributed by atoms with Crippen molar-refractivity contribution < 1.29 is 9.84 Å². The highest BCUT2D eigenvalue weighted by Crippen LogP contribution is 2.22. The molecule has 2 aromatic rings. The zero-order chi connectivity index (χ0) is 12.1. The average molecular weight is 228 g/mol. The van der Waals surface area contributed by atoms with Gasteiger partial charge in [0.05, 0.1) is 6.61 Å². The van der Waals surface area contributed by atoms with Crippen LogP contribution in [0.5, 0.6) is 11.5 Å². The number of benzene rings is 2. The zero-order valence-corrected chi connectivity index (χ0v) is 9.89. The van der Waals surface area contributed by atoms with Gasteiger partial charge >= 0.3 is 0 Å². The summed E-state index contributed by atoms with van der Waals surface area (Å²) in [4.78, 5) is 0. The summed E-state index contributed by atoms with van der Waals surface area (Å²) in [5.41, 5.74) is 2.19. The van der Waals surface area contributed by atoms with Crippen molar-refractivity contribution in [2.75, 3.05) is 0 Å². The lowest BCUT2D eigenvalue weighted by molar-refractivity contribution is 0.281. The Labute approximate surface area is 101 Å². The number of rotatable bonds is 4. The molecule has 0 radical (unpaired) electrons. The van der Waals surface area contributed by atoms with E-state index in [0.717, 1.165) is 23.5 Å². The number of ether oxygens (including phenoxy) is 1. The summed E-state index contributed by atoms with van der Waals surface area (Å²) in [7, 11) is 0. The Balaban J connectivity index is 2.08. The van der Waals surface area contributed by atoms with E-state index in [1.165, 1.54) is 5.56 Å². The van der Waals surface area contributed by atoms with Crippen LogP contribution in [0.3, 0.4) is 0 Å². The molecule has 2 aromatic carbocycles. The first-order valence-electron chi connectivity index (χ1n) is 5.78. The SMILES string of the molecule is CCc1ccc(Oc2ccc(CO)cc2)cc1. The fourth-order valence-electron chi connectivity index (χ4n) is 1.59. The molecule has 2 heteroatoms. The number of aliphatic hydroxyl groups excluding tert-OH is 1. The standard InChI is InChI=1S/C15H16O2/c1-2-12-3-7-14(8-4-12)17-15-9-5-13(11-16)6-10-15/h3-10,16H,2,11H2,1H3. The third-order valence-electron chi connectivity index (χ3n) is 2.67. The molecule has 0 saturated heterocycles. The Kier molecular flexibility index (Phi) is 3.78. The molecule has 0 unspecified atom stereocenters. The average Bonchev–Trinajstić information content (AvgIpc) is 2.40. The first-order chi connectivity index (χ1) is 8.31. The van der Waals surface area contributed by atoms with Crippen molar-refractivity contribution in [1.82, 2.24) is 0 Å². The largest absolute Gasteiger partial charge is 0.457 e. The van der Waals surface area contributed by atoms with E-state index in [-0.39, 0.29) is 6.61 Å². The van der Waals surface area contributed by atoms with Gasteiger partial charge in [0.2, 0.25) is 0 Å². The van der Waals surface area contributed by atoms with Crippen LogP contribution in [-0.4, -0.2) is 5.11 Å². The van der Waals surface area contributed by atoms with Crippen LogP contribution in [0.1, 0.15) is 18.1 Å². The van der Waals surface area contributed by atoms with Crippen molar-refractivity contribution in [2.24, 2.45) is 0 Å². The highest BCUT2D eigenvalue weighted by Gasteiger charge is 1.97. The minimum Gasteiger partial charge on any atom is -0.457 e. The van der Waals surface area contributed by atoms with Crippen LogP contribution < -0.4 is 4.74 Å². The topological polar surface area (TPSA) is 29.5 Å². The van der Waals surface area contributed by atoms with Crippen LogP contribution in [-0.2, 0) is 13.0 Å². The van der Waals surface area contributed by atoms with Gasteiger partial charge in [-0.25, -0.2) is 0 Å². The van der Waals surface area contributed by atoms with Crippen molar-refractivity contribution in [2.45, 2.75) is 20.0 Å². The number of aryl methyl sites for hydroxylation is 1. The number of hydrogen-bond acceptors (Lipinski definition) is 2. The molecule has 0 atom stereocenters. The van der Waals surface area contributed by atoms with Crippen molar-refractivity contribution >= 4 is 0 Å². The summed E-state index contributed by atoms with van der Waals surface area (Å²) in [6.45, 7) is 2.19. The molecule has 88 valence electrons. The molecule has 0 spiro atoms. The lowest BCUT2D eigenvalue weighted by atomic mass is 10.2. The molecule has 0 heterocycles. The molecule has 2 nitrogen and oxygen atoms in total. The van der Waals surface area contributed by atoms with E-state index < -0.39 is 0 Å². The fraction of sp³-hybridized carbons (Fsp3) is 0.200. The van der Waals surface area contributed by atoms with Gasteiger partial charge in [-0.1, -0.05) is 31.2 Å². The maximum Gasteiger partial charge on any atom is 0.127 e. The van der Waals surface area contributed by atoms with E-state index in [2.05, 4.69) is 19.1 Å². The molecular formula is C15H16O2. The highest BCUT2D eigenvalue weighted by molar-refractivity contribution is 5.34. The number of hydrogen-bond donors (Lipinski definition) is 1. The second kappa shape index (κ2) is 5.51. The first kappa shape index (κ1) is 11.7. The summed E-state index contributed by atoms with van der Waals surface area (Å²) < 4.78 is 5.70. The molecule has 1 N–H and O–H groups in total. The lowest BCUT2D eigenvalue weighted by Crippen LogP contribution is -1.87. The molecule has 0 aliphatic rings. The molecule has 17 heavy (non-hydrogen) atoms. The molecule has 0 amide bonds. The van der Waals surface area contributed by atoms with Gasteiger partial charge in [-0.2, -0.15) is 0 Å². The third kappa shape index (κ3) is 3.08. The molecular weight excluding hydrogens is 212 g/mol. The van der Waals surface area contributed by atoms with Gasteiger partial charge in [-0.05, 0) is 41.8 Å². The Morgan fingerprint density at radius 2 is 1.29 bits per heavy atom. The van der Waals surface area contributed by atoms with Gasteiger partial charge in [0.25, 0.3) is 0 Å². The molecule has 0 fully saturated rings. The second-order valence-electron chi connectivity index (χ2n) is 3.90. The minimum absolute atomic E-state index is 0.0610. The van der Waals surface area contributed by atoms with Gasteiger partial charge < -0.3 is 9.84 Å². The van der Waals surface area contributed by atoms with Crippen LogP contribution in [0.4, 0.5) is 0 Å². The summed E-state index contributed by atoms with van der Waals surface area (Å²) >= 11 is 0. The Hall–Kier alpha value is -1.80. The molecule has 2 rings (SSSR count). The van der Waals surface area contributed by atoms with Gasteiger partial charge in [0.15, 0.2) is 0 Å². The summed E-state index contributed by atoms with van der Waals surface area (Å²) in [5, 5.41) is 8.94. The fourth-order valence-corrected chi connectivity index (χ4v) is 1.59. The third-order valence-corrected chi connectivity index (χ3v) is 2.67. The molecule has 0 aliphatic heterocycles. The van der Waals surface area contributed by atoms with E-state index in [0.29, 0.717) is 0 Å². The van der Waals surface area contributed by atoms with Crippen LogP contribution in [0.2, 0.25) is 0 Å².